The first kappa shape index (κ1) is 23.1. The third-order valence-electron chi connectivity index (χ3n) is 7.33. The topological polar surface area (TPSA) is 35.5 Å². The van der Waals surface area contributed by atoms with Crippen LogP contribution >= 0.6 is 0 Å². The third-order valence-corrected chi connectivity index (χ3v) is 7.33. The predicted molar refractivity (Wildman–Crippen MR) is 134 cm³/mol. The van der Waals surface area contributed by atoms with Crippen LogP contribution < -0.4 is 5.32 Å². The molecule has 1 saturated heterocycles. The van der Waals surface area contributed by atoms with Crippen molar-refractivity contribution >= 4 is 0 Å². The van der Waals surface area contributed by atoms with Gasteiger partial charge in [0.25, 0.3) is 0 Å². The minimum atomic E-state index is -0.525. The molecule has 2 aromatic rings. The summed E-state index contributed by atoms with van der Waals surface area (Å²) in [6.45, 7) is 9.69. The lowest BCUT2D eigenvalue weighted by atomic mass is 9.88. The van der Waals surface area contributed by atoms with E-state index in [2.05, 4.69) is 66.2 Å². The number of nitrogens with zero attached hydrogens (tertiary/aromatic N) is 1. The molecule has 4 rings (SSSR count). The summed E-state index contributed by atoms with van der Waals surface area (Å²) in [6.07, 6.45) is 9.80. The molecule has 2 atom stereocenters. The summed E-state index contributed by atoms with van der Waals surface area (Å²) in [4.78, 5) is 2.49. The van der Waals surface area contributed by atoms with Crippen molar-refractivity contribution in [1.82, 2.24) is 10.2 Å². The lowest BCUT2D eigenvalue weighted by Gasteiger charge is -2.31. The Morgan fingerprint density at radius 2 is 1.72 bits per heavy atom. The summed E-state index contributed by atoms with van der Waals surface area (Å²) in [5, 5.41) is 15.1. The number of hydrogen-bond acceptors (Lipinski definition) is 3. The molecule has 0 saturated carbocycles. The van der Waals surface area contributed by atoms with E-state index in [1.165, 1.54) is 54.4 Å². The number of aliphatic hydroxyl groups excluding tert-OH is 1. The van der Waals surface area contributed by atoms with E-state index in [0.29, 0.717) is 0 Å². The molecule has 3 nitrogen and oxygen atoms in total. The Morgan fingerprint density at radius 3 is 2.47 bits per heavy atom. The number of benzene rings is 2. The average molecular weight is 433 g/mol. The van der Waals surface area contributed by atoms with Gasteiger partial charge in [-0.25, -0.2) is 0 Å². The molecular weight excluding hydrogens is 392 g/mol. The number of nitrogens with one attached hydrogen (secondary N) is 1. The van der Waals surface area contributed by atoms with Crippen LogP contribution in [0.3, 0.4) is 0 Å². The van der Waals surface area contributed by atoms with Crippen LogP contribution in [-0.2, 0) is 25.7 Å². The van der Waals surface area contributed by atoms with Gasteiger partial charge in [-0.3, -0.25) is 0 Å². The van der Waals surface area contributed by atoms with E-state index in [-0.39, 0.29) is 6.04 Å². The van der Waals surface area contributed by atoms with Crippen LogP contribution in [0, 0.1) is 0 Å². The van der Waals surface area contributed by atoms with Crippen molar-refractivity contribution < 1.29 is 5.11 Å². The van der Waals surface area contributed by atoms with Crippen molar-refractivity contribution in [2.45, 2.75) is 76.9 Å². The fraction of sp³-hybridized carbons (Fsp3) is 0.517. The van der Waals surface area contributed by atoms with Crippen molar-refractivity contribution in [1.29, 1.82) is 0 Å². The van der Waals surface area contributed by atoms with Gasteiger partial charge in [0.1, 0.15) is 6.10 Å². The van der Waals surface area contributed by atoms with Crippen LogP contribution in [-0.4, -0.2) is 35.7 Å². The van der Waals surface area contributed by atoms with Gasteiger partial charge in [-0.15, -0.1) is 0 Å². The quantitative estimate of drug-likeness (QED) is 0.530. The van der Waals surface area contributed by atoms with Gasteiger partial charge in [0.15, 0.2) is 0 Å². The number of likely N-dealkylation sites (tertiary alicyclic amines) is 1. The van der Waals surface area contributed by atoms with Crippen molar-refractivity contribution in [2.24, 2.45) is 0 Å². The average Bonchev–Trinajstić information content (AvgIpc) is 3.35. The maximum absolute atomic E-state index is 11.4. The van der Waals surface area contributed by atoms with Crippen LogP contribution in [0.25, 0.3) is 0 Å². The van der Waals surface area contributed by atoms with E-state index in [0.717, 1.165) is 56.6 Å². The van der Waals surface area contributed by atoms with Gasteiger partial charge in [-0.1, -0.05) is 56.0 Å². The largest absolute Gasteiger partial charge is 0.386 e. The summed E-state index contributed by atoms with van der Waals surface area (Å²) < 4.78 is 0. The number of fused-ring (bicyclic) bond motifs is 1. The Hall–Kier alpha value is -2.10. The first-order chi connectivity index (χ1) is 15.6. The summed E-state index contributed by atoms with van der Waals surface area (Å²) in [7, 11) is 0. The van der Waals surface area contributed by atoms with Gasteiger partial charge in [-0.2, -0.15) is 0 Å². The zero-order valence-corrected chi connectivity index (χ0v) is 19.8. The molecule has 2 aromatic carbocycles. The van der Waals surface area contributed by atoms with E-state index in [1.54, 1.807) is 0 Å². The number of aliphatic hydroxyl groups is 1. The fourth-order valence-electron chi connectivity index (χ4n) is 5.40. The summed E-state index contributed by atoms with van der Waals surface area (Å²) in [5.41, 5.74) is 7.80. The number of aryl methyl sites for hydroxylation is 4. The highest BCUT2D eigenvalue weighted by molar-refractivity contribution is 5.35. The molecular formula is C29H40N2O. The molecule has 1 aliphatic heterocycles. The fourth-order valence-corrected chi connectivity index (χ4v) is 5.40. The number of hydrogen-bond donors (Lipinski definition) is 2. The third kappa shape index (κ3) is 5.82. The molecule has 2 aliphatic rings. The van der Waals surface area contributed by atoms with Gasteiger partial charge in [0.05, 0.1) is 6.04 Å². The van der Waals surface area contributed by atoms with E-state index >= 15 is 0 Å². The van der Waals surface area contributed by atoms with Crippen molar-refractivity contribution in [2.75, 3.05) is 19.6 Å². The van der Waals surface area contributed by atoms with Crippen LogP contribution in [0.4, 0.5) is 0 Å². The predicted octanol–water partition coefficient (Wildman–Crippen LogP) is 5.36. The van der Waals surface area contributed by atoms with Crippen LogP contribution in [0.2, 0.25) is 0 Å². The molecule has 0 bridgehead atoms. The summed E-state index contributed by atoms with van der Waals surface area (Å²) in [5.74, 6) is 0. The molecule has 0 amide bonds. The summed E-state index contributed by atoms with van der Waals surface area (Å²) >= 11 is 0. The molecule has 1 fully saturated rings. The molecule has 2 N–H and O–H groups in total. The lowest BCUT2D eigenvalue weighted by molar-refractivity contribution is 0.111. The van der Waals surface area contributed by atoms with Gasteiger partial charge >= 0.3 is 0 Å². The monoisotopic (exact) mass is 432 g/mol. The Balaban J connectivity index is 1.44. The molecule has 0 aromatic heterocycles. The first-order valence-electron chi connectivity index (χ1n) is 12.7. The van der Waals surface area contributed by atoms with E-state index < -0.39 is 6.10 Å². The Morgan fingerprint density at radius 1 is 1.00 bits per heavy atom. The van der Waals surface area contributed by atoms with Crippen LogP contribution in [0.5, 0.6) is 0 Å². The Bertz CT molecular complexity index is 900. The minimum Gasteiger partial charge on any atom is -0.386 e. The number of allylic oxidation sites excluding steroid dienone is 1. The van der Waals surface area contributed by atoms with Gasteiger partial charge < -0.3 is 15.3 Å². The zero-order valence-electron chi connectivity index (χ0n) is 19.8. The highest BCUT2D eigenvalue weighted by Crippen LogP contribution is 2.27. The van der Waals surface area contributed by atoms with Crippen molar-refractivity contribution in [3.05, 3.63) is 82.6 Å². The number of rotatable bonds is 10. The highest BCUT2D eigenvalue weighted by atomic mass is 16.3. The van der Waals surface area contributed by atoms with Crippen LogP contribution in [0.1, 0.15) is 72.9 Å². The van der Waals surface area contributed by atoms with E-state index in [1.807, 2.05) is 0 Å². The smallest absolute Gasteiger partial charge is 0.100 e. The van der Waals surface area contributed by atoms with E-state index in [9.17, 15) is 5.11 Å². The lowest BCUT2D eigenvalue weighted by Crippen LogP contribution is -2.43. The molecule has 3 heteroatoms. The second kappa shape index (κ2) is 11.2. The molecule has 0 radical (unpaired) electrons. The SMILES string of the molecule is C=C(CCc1ccccc1CC)NC(CN1CCCC1)C(O)c1ccc2c(c1)CCCC2. The molecule has 172 valence electrons. The summed E-state index contributed by atoms with van der Waals surface area (Å²) in [6, 6.07) is 15.3. The first-order valence-corrected chi connectivity index (χ1v) is 12.7. The Labute approximate surface area is 194 Å². The maximum atomic E-state index is 11.4. The van der Waals surface area contributed by atoms with Crippen molar-refractivity contribution in [3.63, 3.8) is 0 Å². The second-order valence-electron chi connectivity index (χ2n) is 9.66. The van der Waals surface area contributed by atoms with E-state index in [4.69, 9.17) is 0 Å². The molecule has 1 heterocycles. The van der Waals surface area contributed by atoms with Crippen LogP contribution in [0.15, 0.2) is 54.7 Å². The Kier molecular flexibility index (Phi) is 8.05. The molecule has 32 heavy (non-hydrogen) atoms. The van der Waals surface area contributed by atoms with Gasteiger partial charge in [0.2, 0.25) is 0 Å². The zero-order chi connectivity index (χ0) is 22.3. The molecule has 1 aliphatic carbocycles. The minimum absolute atomic E-state index is 0.0383. The van der Waals surface area contributed by atoms with Gasteiger partial charge in [-0.05, 0) is 98.7 Å². The molecule has 2 unspecified atom stereocenters. The van der Waals surface area contributed by atoms with Gasteiger partial charge in [0, 0.05) is 12.2 Å². The molecule has 0 spiro atoms. The second-order valence-corrected chi connectivity index (χ2v) is 9.66. The standard InChI is InChI=1S/C29H40N2O/c1-3-23-10-4-5-11-24(23)15-14-22(2)30-28(21-31-18-8-9-19-31)29(32)27-17-16-25-12-6-7-13-26(25)20-27/h4-5,10-11,16-17,20,28-30,32H,2-3,6-9,12-15,18-19,21H2,1H3. The van der Waals surface area contributed by atoms with Crippen molar-refractivity contribution in [3.8, 4) is 0 Å². The highest BCUT2D eigenvalue weighted by Gasteiger charge is 2.26. The normalized spacial score (nSPS) is 18.2. The maximum Gasteiger partial charge on any atom is 0.100 e.